The molecule has 0 aliphatic heterocycles. The SMILES string of the molecule is Cc1cc(C(O)Cc2cccc(Br)c2)c(C)nn1. The Morgan fingerprint density at radius 3 is 2.72 bits per heavy atom. The molecule has 4 heteroatoms. The lowest BCUT2D eigenvalue weighted by Crippen LogP contribution is -2.07. The van der Waals surface area contributed by atoms with Crippen molar-refractivity contribution in [2.75, 3.05) is 0 Å². The van der Waals surface area contributed by atoms with Crippen LogP contribution in [0, 0.1) is 13.8 Å². The molecule has 3 nitrogen and oxygen atoms in total. The fourth-order valence-corrected chi connectivity index (χ4v) is 2.35. The van der Waals surface area contributed by atoms with Crippen molar-refractivity contribution in [1.29, 1.82) is 0 Å². The van der Waals surface area contributed by atoms with Gasteiger partial charge in [-0.3, -0.25) is 0 Å². The third-order valence-corrected chi connectivity index (χ3v) is 3.31. The quantitative estimate of drug-likeness (QED) is 0.947. The van der Waals surface area contributed by atoms with Crippen LogP contribution in [-0.4, -0.2) is 15.3 Å². The third kappa shape index (κ3) is 3.15. The maximum absolute atomic E-state index is 10.3. The smallest absolute Gasteiger partial charge is 0.0849 e. The van der Waals surface area contributed by atoms with Crippen LogP contribution in [0.4, 0.5) is 0 Å². The Kier molecular flexibility index (Phi) is 4.09. The highest BCUT2D eigenvalue weighted by molar-refractivity contribution is 9.10. The monoisotopic (exact) mass is 306 g/mol. The summed E-state index contributed by atoms with van der Waals surface area (Å²) in [7, 11) is 0. The van der Waals surface area contributed by atoms with Crippen molar-refractivity contribution >= 4 is 15.9 Å². The van der Waals surface area contributed by atoms with E-state index in [-0.39, 0.29) is 0 Å². The Morgan fingerprint density at radius 1 is 1.22 bits per heavy atom. The maximum Gasteiger partial charge on any atom is 0.0849 e. The van der Waals surface area contributed by atoms with Gasteiger partial charge in [-0.2, -0.15) is 10.2 Å². The van der Waals surface area contributed by atoms with E-state index in [4.69, 9.17) is 0 Å². The fourth-order valence-electron chi connectivity index (χ4n) is 1.90. The fraction of sp³-hybridized carbons (Fsp3) is 0.286. The Bertz CT molecular complexity index is 557. The number of aromatic nitrogens is 2. The van der Waals surface area contributed by atoms with Crippen LogP contribution in [0.15, 0.2) is 34.8 Å². The Balaban J connectivity index is 2.21. The summed E-state index contributed by atoms with van der Waals surface area (Å²) < 4.78 is 1.02. The molecule has 0 aliphatic carbocycles. The first kappa shape index (κ1) is 13.2. The van der Waals surface area contributed by atoms with E-state index in [9.17, 15) is 5.11 Å². The molecule has 0 bridgehead atoms. The number of hydrogen-bond donors (Lipinski definition) is 1. The topological polar surface area (TPSA) is 46.0 Å². The molecule has 2 aromatic rings. The molecule has 1 unspecified atom stereocenters. The van der Waals surface area contributed by atoms with Gasteiger partial charge < -0.3 is 5.11 Å². The van der Waals surface area contributed by atoms with Gasteiger partial charge >= 0.3 is 0 Å². The van der Waals surface area contributed by atoms with Crippen molar-refractivity contribution in [1.82, 2.24) is 10.2 Å². The molecule has 1 atom stereocenters. The van der Waals surface area contributed by atoms with Crippen molar-refractivity contribution in [2.24, 2.45) is 0 Å². The van der Waals surface area contributed by atoms with Gasteiger partial charge in [-0.25, -0.2) is 0 Å². The van der Waals surface area contributed by atoms with Crippen molar-refractivity contribution in [3.8, 4) is 0 Å². The van der Waals surface area contributed by atoms with E-state index in [0.29, 0.717) is 6.42 Å². The van der Waals surface area contributed by atoms with Crippen molar-refractivity contribution in [3.63, 3.8) is 0 Å². The van der Waals surface area contributed by atoms with E-state index < -0.39 is 6.10 Å². The van der Waals surface area contributed by atoms with Gasteiger partial charge in [0.2, 0.25) is 0 Å². The molecular weight excluding hydrogens is 292 g/mol. The van der Waals surface area contributed by atoms with Crippen LogP contribution in [0.2, 0.25) is 0 Å². The van der Waals surface area contributed by atoms with Gasteiger partial charge in [-0.1, -0.05) is 28.1 Å². The van der Waals surface area contributed by atoms with Crippen LogP contribution in [0.1, 0.15) is 28.6 Å². The van der Waals surface area contributed by atoms with Gasteiger partial charge in [0.05, 0.1) is 17.5 Å². The lowest BCUT2D eigenvalue weighted by atomic mass is 10.0. The van der Waals surface area contributed by atoms with Gasteiger partial charge in [0.15, 0.2) is 0 Å². The molecule has 1 aromatic heterocycles. The molecule has 0 saturated carbocycles. The zero-order chi connectivity index (χ0) is 13.1. The normalized spacial score (nSPS) is 12.4. The van der Waals surface area contributed by atoms with Gasteiger partial charge in [-0.15, -0.1) is 0 Å². The lowest BCUT2D eigenvalue weighted by molar-refractivity contribution is 0.177. The van der Waals surface area contributed by atoms with Gasteiger partial charge in [0, 0.05) is 16.5 Å². The number of aliphatic hydroxyl groups excluding tert-OH is 1. The van der Waals surface area contributed by atoms with Gasteiger partial charge in [0.25, 0.3) is 0 Å². The number of rotatable bonds is 3. The van der Waals surface area contributed by atoms with E-state index in [1.54, 1.807) is 0 Å². The van der Waals surface area contributed by atoms with Crippen molar-refractivity contribution < 1.29 is 5.11 Å². The van der Waals surface area contributed by atoms with Crippen LogP contribution >= 0.6 is 15.9 Å². The second kappa shape index (κ2) is 5.59. The van der Waals surface area contributed by atoms with E-state index in [0.717, 1.165) is 27.0 Å². The molecule has 1 N–H and O–H groups in total. The summed E-state index contributed by atoms with van der Waals surface area (Å²) in [6, 6.07) is 9.85. The van der Waals surface area contributed by atoms with Crippen LogP contribution in [0.5, 0.6) is 0 Å². The first-order valence-corrected chi connectivity index (χ1v) is 6.59. The van der Waals surface area contributed by atoms with Crippen LogP contribution in [0.25, 0.3) is 0 Å². The average molecular weight is 307 g/mol. The Labute approximate surface area is 115 Å². The number of benzene rings is 1. The summed E-state index contributed by atoms with van der Waals surface area (Å²) in [4.78, 5) is 0. The van der Waals surface area contributed by atoms with Crippen LogP contribution < -0.4 is 0 Å². The molecule has 0 amide bonds. The zero-order valence-corrected chi connectivity index (χ0v) is 12.0. The van der Waals surface area contributed by atoms with Crippen molar-refractivity contribution in [2.45, 2.75) is 26.4 Å². The molecule has 1 heterocycles. The van der Waals surface area contributed by atoms with Gasteiger partial charge in [-0.05, 0) is 37.6 Å². The van der Waals surface area contributed by atoms with Crippen LogP contribution in [0.3, 0.4) is 0 Å². The minimum Gasteiger partial charge on any atom is -0.388 e. The Morgan fingerprint density at radius 2 is 2.00 bits per heavy atom. The standard InChI is InChI=1S/C14H15BrN2O/c1-9-6-13(10(2)17-16-9)14(18)8-11-4-3-5-12(15)7-11/h3-7,14,18H,8H2,1-2H3. The van der Waals surface area contributed by atoms with E-state index in [2.05, 4.69) is 26.1 Å². The molecule has 0 saturated heterocycles. The summed E-state index contributed by atoms with van der Waals surface area (Å²) in [5.41, 5.74) is 3.54. The highest BCUT2D eigenvalue weighted by Crippen LogP contribution is 2.22. The number of aryl methyl sites for hydroxylation is 2. The first-order valence-electron chi connectivity index (χ1n) is 5.79. The number of nitrogens with zero attached hydrogens (tertiary/aromatic N) is 2. The summed E-state index contributed by atoms with van der Waals surface area (Å²) >= 11 is 3.43. The molecule has 2 rings (SSSR count). The molecule has 0 fully saturated rings. The minimum atomic E-state index is -0.548. The van der Waals surface area contributed by atoms with Crippen LogP contribution in [-0.2, 0) is 6.42 Å². The third-order valence-electron chi connectivity index (χ3n) is 2.82. The molecule has 18 heavy (non-hydrogen) atoms. The highest BCUT2D eigenvalue weighted by Gasteiger charge is 2.13. The Hall–Kier alpha value is -1.26. The van der Waals surface area contributed by atoms with Gasteiger partial charge in [0.1, 0.15) is 0 Å². The molecule has 0 radical (unpaired) electrons. The summed E-state index contributed by atoms with van der Waals surface area (Å²) in [6.45, 7) is 3.74. The number of halogens is 1. The summed E-state index contributed by atoms with van der Waals surface area (Å²) in [6.07, 6.45) is 0.0271. The maximum atomic E-state index is 10.3. The summed E-state index contributed by atoms with van der Waals surface area (Å²) in [5.74, 6) is 0. The summed E-state index contributed by atoms with van der Waals surface area (Å²) in [5, 5.41) is 18.3. The molecule has 0 spiro atoms. The second-order valence-corrected chi connectivity index (χ2v) is 5.29. The first-order chi connectivity index (χ1) is 8.56. The van der Waals surface area contributed by atoms with Crippen molar-refractivity contribution in [3.05, 3.63) is 57.3 Å². The molecular formula is C14H15BrN2O. The number of aliphatic hydroxyl groups is 1. The zero-order valence-electron chi connectivity index (χ0n) is 10.4. The molecule has 0 aliphatic rings. The lowest BCUT2D eigenvalue weighted by Gasteiger charge is -2.13. The largest absolute Gasteiger partial charge is 0.388 e. The predicted octanol–water partition coefficient (Wildman–Crippen LogP) is 3.13. The average Bonchev–Trinajstić information content (AvgIpc) is 2.32. The number of hydrogen-bond acceptors (Lipinski definition) is 3. The highest BCUT2D eigenvalue weighted by atomic mass is 79.9. The second-order valence-electron chi connectivity index (χ2n) is 4.38. The van der Waals surface area contributed by atoms with E-state index in [1.807, 2.05) is 44.2 Å². The molecule has 94 valence electrons. The van der Waals surface area contributed by atoms with E-state index >= 15 is 0 Å². The minimum absolute atomic E-state index is 0.548. The predicted molar refractivity (Wildman–Crippen MR) is 74.3 cm³/mol. The molecule has 1 aromatic carbocycles. The van der Waals surface area contributed by atoms with E-state index in [1.165, 1.54) is 0 Å².